The van der Waals surface area contributed by atoms with Crippen LogP contribution in [0, 0.1) is 11.8 Å². The van der Waals surface area contributed by atoms with Crippen molar-refractivity contribution in [1.82, 2.24) is 0 Å². The average molecular weight is 459 g/mol. The molecule has 0 saturated heterocycles. The van der Waals surface area contributed by atoms with Gasteiger partial charge in [0.15, 0.2) is 0 Å². The third kappa shape index (κ3) is 13.4. The van der Waals surface area contributed by atoms with E-state index < -0.39 is 6.29 Å². The Bertz CT molecular complexity index is 690. The molecule has 1 aromatic carbocycles. The summed E-state index contributed by atoms with van der Waals surface area (Å²) < 4.78 is 17.2. The zero-order chi connectivity index (χ0) is 24.6. The van der Waals surface area contributed by atoms with E-state index in [4.69, 9.17) is 14.2 Å². The third-order valence-electron chi connectivity index (χ3n) is 5.77. The number of hydrogen-bond acceptors (Lipinski definition) is 4. The Hall–Kier alpha value is -1.91. The van der Waals surface area contributed by atoms with Gasteiger partial charge in [-0.15, -0.1) is 0 Å². The molecule has 0 N–H and O–H groups in total. The van der Waals surface area contributed by atoms with E-state index in [2.05, 4.69) is 53.7 Å². The van der Waals surface area contributed by atoms with Gasteiger partial charge in [0.2, 0.25) is 12.1 Å². The number of Topliss-reactive ketones (excluding diaryl/α,β-unsaturated/α-hetero) is 1. The number of ether oxygens (including phenoxy) is 3. The Kier molecular flexibility index (Phi) is 14.7. The summed E-state index contributed by atoms with van der Waals surface area (Å²) >= 11 is 0. The molecule has 33 heavy (non-hydrogen) atoms. The monoisotopic (exact) mass is 458 g/mol. The topological polar surface area (TPSA) is 44.8 Å². The first-order valence-electron chi connectivity index (χ1n) is 12.4. The summed E-state index contributed by atoms with van der Waals surface area (Å²) in [5.74, 6) is 1.66. The van der Waals surface area contributed by atoms with E-state index in [0.717, 1.165) is 44.3 Å². The van der Waals surface area contributed by atoms with Crippen LogP contribution in [-0.4, -0.2) is 32.4 Å². The molecule has 2 atom stereocenters. The molecule has 0 heterocycles. The number of allylic oxidation sites excluding steroid dienone is 4. The van der Waals surface area contributed by atoms with Crippen LogP contribution < -0.4 is 4.74 Å². The van der Waals surface area contributed by atoms with Crippen molar-refractivity contribution in [3.05, 3.63) is 53.1 Å². The van der Waals surface area contributed by atoms with Crippen molar-refractivity contribution in [2.75, 3.05) is 20.3 Å². The lowest BCUT2D eigenvalue weighted by Crippen LogP contribution is -2.29. The summed E-state index contributed by atoms with van der Waals surface area (Å²) in [6, 6.07) is 7.12. The molecule has 0 aliphatic carbocycles. The van der Waals surface area contributed by atoms with E-state index in [-0.39, 0.29) is 5.78 Å². The summed E-state index contributed by atoms with van der Waals surface area (Å²) in [6.07, 6.45) is 9.90. The Morgan fingerprint density at radius 3 is 1.64 bits per heavy atom. The lowest BCUT2D eigenvalue weighted by Gasteiger charge is -2.20. The molecule has 2 unspecified atom stereocenters. The highest BCUT2D eigenvalue weighted by atomic mass is 16.7. The number of benzene rings is 1. The highest BCUT2D eigenvalue weighted by molar-refractivity contribution is 5.98. The van der Waals surface area contributed by atoms with E-state index in [9.17, 15) is 4.79 Å². The molecule has 0 aromatic heterocycles. The van der Waals surface area contributed by atoms with Gasteiger partial charge in [-0.1, -0.05) is 37.1 Å². The van der Waals surface area contributed by atoms with Crippen LogP contribution in [0.2, 0.25) is 0 Å². The number of rotatable bonds is 17. The molecule has 0 amide bonds. The second kappa shape index (κ2) is 16.7. The minimum absolute atomic E-state index is 0.132. The molecule has 0 bridgehead atoms. The highest BCUT2D eigenvalue weighted by Crippen LogP contribution is 2.18. The quantitative estimate of drug-likeness (QED) is 0.136. The van der Waals surface area contributed by atoms with Crippen LogP contribution in [0.5, 0.6) is 5.75 Å². The summed E-state index contributed by atoms with van der Waals surface area (Å²) in [5, 5.41) is 0. The predicted octanol–water partition coefficient (Wildman–Crippen LogP) is 7.78. The first-order chi connectivity index (χ1) is 15.7. The van der Waals surface area contributed by atoms with E-state index in [1.54, 1.807) is 31.4 Å². The molecular weight excluding hydrogens is 412 g/mol. The summed E-state index contributed by atoms with van der Waals surface area (Å²) in [4.78, 5) is 13.1. The maximum Gasteiger partial charge on any atom is 0.222 e. The Morgan fingerprint density at radius 1 is 0.788 bits per heavy atom. The SMILES string of the molecule is COc1ccc(C(=O)C(OCCC(C)CCC=C(C)C)OCCC(C)CCC=C(C)C)cc1. The minimum atomic E-state index is -0.867. The first kappa shape index (κ1) is 29.1. The summed E-state index contributed by atoms with van der Waals surface area (Å²) in [5.41, 5.74) is 3.29. The van der Waals surface area contributed by atoms with Crippen molar-refractivity contribution in [1.29, 1.82) is 0 Å². The number of methoxy groups -OCH3 is 1. The molecule has 0 aliphatic rings. The molecular formula is C29H46O4. The van der Waals surface area contributed by atoms with Crippen LogP contribution in [0.1, 0.15) is 90.4 Å². The largest absolute Gasteiger partial charge is 0.497 e. The maximum atomic E-state index is 13.1. The Balaban J connectivity index is 2.62. The number of carbonyl (C=O) groups is 1. The van der Waals surface area contributed by atoms with Gasteiger partial charge in [-0.05, 0) is 102 Å². The van der Waals surface area contributed by atoms with Gasteiger partial charge in [-0.3, -0.25) is 4.79 Å². The fourth-order valence-electron chi connectivity index (χ4n) is 3.45. The van der Waals surface area contributed by atoms with Crippen molar-refractivity contribution >= 4 is 5.78 Å². The summed E-state index contributed by atoms with van der Waals surface area (Å²) in [7, 11) is 1.61. The molecule has 0 saturated carbocycles. The molecule has 4 nitrogen and oxygen atoms in total. The predicted molar refractivity (Wildman–Crippen MR) is 138 cm³/mol. The van der Waals surface area contributed by atoms with Gasteiger partial charge in [-0.2, -0.15) is 0 Å². The normalized spacial score (nSPS) is 13.7. The van der Waals surface area contributed by atoms with Crippen molar-refractivity contribution in [2.45, 2.75) is 86.4 Å². The molecule has 1 rings (SSSR count). The second-order valence-corrected chi connectivity index (χ2v) is 9.67. The van der Waals surface area contributed by atoms with Crippen molar-refractivity contribution in [3.8, 4) is 5.75 Å². The standard InChI is InChI=1S/C29H46O4/c1-22(2)10-8-12-24(5)18-20-32-29(28(30)26-14-16-27(31-7)17-15-26)33-21-19-25(6)13-9-11-23(3)4/h10-11,14-17,24-25,29H,8-9,12-13,18-21H2,1-7H3. The van der Waals surface area contributed by atoms with Gasteiger partial charge >= 0.3 is 0 Å². The van der Waals surface area contributed by atoms with Gasteiger partial charge in [0, 0.05) is 5.56 Å². The lowest BCUT2D eigenvalue weighted by molar-refractivity contribution is -0.118. The fourth-order valence-corrected chi connectivity index (χ4v) is 3.45. The molecule has 0 radical (unpaired) electrons. The van der Waals surface area contributed by atoms with Crippen LogP contribution in [0.15, 0.2) is 47.6 Å². The van der Waals surface area contributed by atoms with Gasteiger partial charge in [0.25, 0.3) is 0 Å². The van der Waals surface area contributed by atoms with E-state index in [0.29, 0.717) is 30.6 Å². The van der Waals surface area contributed by atoms with Crippen LogP contribution in [0.25, 0.3) is 0 Å². The minimum Gasteiger partial charge on any atom is -0.497 e. The molecule has 0 fully saturated rings. The van der Waals surface area contributed by atoms with E-state index in [1.807, 2.05) is 0 Å². The van der Waals surface area contributed by atoms with Gasteiger partial charge in [0.05, 0.1) is 20.3 Å². The van der Waals surface area contributed by atoms with Crippen molar-refractivity contribution in [3.63, 3.8) is 0 Å². The number of hydrogen-bond donors (Lipinski definition) is 0. The second-order valence-electron chi connectivity index (χ2n) is 9.67. The first-order valence-corrected chi connectivity index (χ1v) is 12.4. The van der Waals surface area contributed by atoms with Gasteiger partial charge < -0.3 is 14.2 Å². The van der Waals surface area contributed by atoms with Crippen molar-refractivity contribution < 1.29 is 19.0 Å². The number of ketones is 1. The van der Waals surface area contributed by atoms with E-state index >= 15 is 0 Å². The zero-order valence-corrected chi connectivity index (χ0v) is 22.0. The highest BCUT2D eigenvalue weighted by Gasteiger charge is 2.22. The van der Waals surface area contributed by atoms with Crippen LogP contribution >= 0.6 is 0 Å². The zero-order valence-electron chi connectivity index (χ0n) is 22.0. The Morgan fingerprint density at radius 2 is 1.24 bits per heavy atom. The molecule has 186 valence electrons. The van der Waals surface area contributed by atoms with Crippen LogP contribution in [0.4, 0.5) is 0 Å². The summed E-state index contributed by atoms with van der Waals surface area (Å²) in [6.45, 7) is 14.0. The Labute approximate surface area is 202 Å². The van der Waals surface area contributed by atoms with Gasteiger partial charge in [0.1, 0.15) is 5.75 Å². The lowest BCUT2D eigenvalue weighted by atomic mass is 10.0. The number of carbonyl (C=O) groups excluding carboxylic acids is 1. The van der Waals surface area contributed by atoms with Crippen LogP contribution in [-0.2, 0) is 9.47 Å². The van der Waals surface area contributed by atoms with Crippen molar-refractivity contribution in [2.24, 2.45) is 11.8 Å². The smallest absolute Gasteiger partial charge is 0.222 e. The third-order valence-corrected chi connectivity index (χ3v) is 5.77. The fraction of sp³-hybridized carbons (Fsp3) is 0.621. The molecule has 1 aromatic rings. The van der Waals surface area contributed by atoms with E-state index in [1.165, 1.54) is 11.1 Å². The average Bonchev–Trinajstić information content (AvgIpc) is 2.77. The molecule has 0 spiro atoms. The molecule has 0 aliphatic heterocycles. The maximum absolute atomic E-state index is 13.1. The van der Waals surface area contributed by atoms with Crippen LogP contribution in [0.3, 0.4) is 0 Å². The van der Waals surface area contributed by atoms with Gasteiger partial charge in [-0.25, -0.2) is 0 Å². The molecule has 4 heteroatoms.